The van der Waals surface area contributed by atoms with Crippen molar-refractivity contribution in [1.29, 1.82) is 0 Å². The van der Waals surface area contributed by atoms with E-state index in [4.69, 9.17) is 5.73 Å². The predicted molar refractivity (Wildman–Crippen MR) is 72.8 cm³/mol. The molecule has 1 heterocycles. The summed E-state index contributed by atoms with van der Waals surface area (Å²) in [6.07, 6.45) is 2.72. The highest BCUT2D eigenvalue weighted by Crippen LogP contribution is 2.16. The molecule has 0 saturated carbocycles. The molecule has 0 aliphatic heterocycles. The van der Waals surface area contributed by atoms with Gasteiger partial charge in [-0.15, -0.1) is 0 Å². The Kier molecular flexibility index (Phi) is 5.58. The van der Waals surface area contributed by atoms with E-state index in [2.05, 4.69) is 33.2 Å². The van der Waals surface area contributed by atoms with Crippen LogP contribution in [-0.4, -0.2) is 16.9 Å². The number of nitrogens with one attached hydrogen (secondary N) is 1. The number of carbonyl (C=O) groups excluding carboxylic acids is 1. The van der Waals surface area contributed by atoms with Gasteiger partial charge in [-0.1, -0.05) is 19.8 Å². The summed E-state index contributed by atoms with van der Waals surface area (Å²) >= 11 is 3.28. The number of amides is 1. The van der Waals surface area contributed by atoms with Crippen molar-refractivity contribution < 1.29 is 4.79 Å². The van der Waals surface area contributed by atoms with Crippen LogP contribution in [-0.2, 0) is 4.79 Å². The summed E-state index contributed by atoms with van der Waals surface area (Å²) in [7, 11) is 0. The molecule has 4 nitrogen and oxygen atoms in total. The van der Waals surface area contributed by atoms with Gasteiger partial charge >= 0.3 is 0 Å². The van der Waals surface area contributed by atoms with Gasteiger partial charge in [0.15, 0.2) is 0 Å². The minimum Gasteiger partial charge on any atom is -0.323 e. The molecule has 0 aliphatic carbocycles. The minimum absolute atomic E-state index is 0.148. The maximum atomic E-state index is 11.8. The van der Waals surface area contributed by atoms with Gasteiger partial charge < -0.3 is 11.1 Å². The SMILES string of the molecule is CCCC[C@H](N)C(=O)Nc1ccc(Br)nc1C. The number of rotatable bonds is 5. The lowest BCUT2D eigenvalue weighted by Crippen LogP contribution is -2.35. The van der Waals surface area contributed by atoms with Crippen molar-refractivity contribution in [3.63, 3.8) is 0 Å². The Labute approximate surface area is 110 Å². The third-order valence-corrected chi connectivity index (χ3v) is 2.96. The van der Waals surface area contributed by atoms with Crippen molar-refractivity contribution in [3.8, 4) is 0 Å². The largest absolute Gasteiger partial charge is 0.323 e. The Morgan fingerprint density at radius 1 is 1.59 bits per heavy atom. The predicted octanol–water partition coefficient (Wildman–Crippen LogP) is 2.61. The van der Waals surface area contributed by atoms with E-state index in [0.29, 0.717) is 12.1 Å². The second-order valence-corrected chi connectivity index (χ2v) is 4.82. The number of anilines is 1. The molecule has 1 aromatic heterocycles. The third-order valence-electron chi connectivity index (χ3n) is 2.52. The zero-order valence-corrected chi connectivity index (χ0v) is 11.8. The van der Waals surface area contributed by atoms with Crippen molar-refractivity contribution in [1.82, 2.24) is 4.98 Å². The first kappa shape index (κ1) is 14.1. The van der Waals surface area contributed by atoms with Gasteiger partial charge in [-0.3, -0.25) is 4.79 Å². The lowest BCUT2D eigenvalue weighted by atomic mass is 10.1. The molecule has 1 aromatic rings. The first-order valence-electron chi connectivity index (χ1n) is 5.74. The van der Waals surface area contributed by atoms with Crippen LogP contribution in [0.3, 0.4) is 0 Å². The molecule has 0 bridgehead atoms. The number of hydrogen-bond donors (Lipinski definition) is 2. The highest BCUT2D eigenvalue weighted by molar-refractivity contribution is 9.10. The normalized spacial score (nSPS) is 12.2. The molecule has 0 aliphatic rings. The van der Waals surface area contributed by atoms with Crippen LogP contribution in [0.25, 0.3) is 0 Å². The molecule has 1 amide bonds. The fourth-order valence-corrected chi connectivity index (χ4v) is 1.84. The van der Waals surface area contributed by atoms with E-state index in [9.17, 15) is 4.79 Å². The standard InChI is InChI=1S/C12H18BrN3O/c1-3-4-5-9(14)12(17)16-10-6-7-11(13)15-8(10)2/h6-7,9H,3-5,14H2,1-2H3,(H,16,17)/t9-/m0/s1. The lowest BCUT2D eigenvalue weighted by molar-refractivity contribution is -0.117. The molecule has 0 fully saturated rings. The molecule has 1 atom stereocenters. The van der Waals surface area contributed by atoms with Gasteiger partial charge in [-0.25, -0.2) is 4.98 Å². The fraction of sp³-hybridized carbons (Fsp3) is 0.500. The monoisotopic (exact) mass is 299 g/mol. The van der Waals surface area contributed by atoms with Gasteiger partial charge in [0, 0.05) is 0 Å². The number of pyridine rings is 1. The summed E-state index contributed by atoms with van der Waals surface area (Å²) in [5.41, 5.74) is 7.28. The maximum Gasteiger partial charge on any atom is 0.241 e. The number of hydrogen-bond acceptors (Lipinski definition) is 3. The highest BCUT2D eigenvalue weighted by Gasteiger charge is 2.13. The van der Waals surface area contributed by atoms with E-state index in [1.807, 2.05) is 13.0 Å². The summed E-state index contributed by atoms with van der Waals surface area (Å²) in [5, 5.41) is 2.80. The zero-order valence-electron chi connectivity index (χ0n) is 10.2. The minimum atomic E-state index is -0.446. The summed E-state index contributed by atoms with van der Waals surface area (Å²) in [6.45, 7) is 3.92. The second-order valence-electron chi connectivity index (χ2n) is 4.00. The number of nitrogens with two attached hydrogens (primary N) is 1. The van der Waals surface area contributed by atoms with Gasteiger partial charge in [0.2, 0.25) is 5.91 Å². The molecule has 94 valence electrons. The van der Waals surface area contributed by atoms with Crippen molar-refractivity contribution in [2.75, 3.05) is 5.32 Å². The summed E-state index contributed by atoms with van der Waals surface area (Å²) < 4.78 is 0.753. The second kappa shape index (κ2) is 6.71. The fourth-order valence-electron chi connectivity index (χ4n) is 1.44. The number of unbranched alkanes of at least 4 members (excludes halogenated alkanes) is 1. The van der Waals surface area contributed by atoms with Crippen molar-refractivity contribution in [2.45, 2.75) is 39.2 Å². The Bertz CT molecular complexity index is 395. The van der Waals surface area contributed by atoms with Gasteiger partial charge in [0.05, 0.1) is 17.4 Å². The first-order chi connectivity index (χ1) is 8.04. The van der Waals surface area contributed by atoms with Crippen molar-refractivity contribution >= 4 is 27.5 Å². The highest BCUT2D eigenvalue weighted by atomic mass is 79.9. The van der Waals surface area contributed by atoms with Gasteiger partial charge in [-0.05, 0) is 41.4 Å². The average Bonchev–Trinajstić information content (AvgIpc) is 2.29. The van der Waals surface area contributed by atoms with Crippen molar-refractivity contribution in [3.05, 3.63) is 22.4 Å². The summed E-state index contributed by atoms with van der Waals surface area (Å²) in [6, 6.07) is 3.16. The summed E-state index contributed by atoms with van der Waals surface area (Å²) in [5.74, 6) is -0.148. The molecular weight excluding hydrogens is 282 g/mol. The number of halogens is 1. The van der Waals surface area contributed by atoms with Gasteiger partial charge in [0.25, 0.3) is 0 Å². The third kappa shape index (κ3) is 4.44. The number of nitrogens with zero attached hydrogens (tertiary/aromatic N) is 1. The van der Waals surface area contributed by atoms with E-state index in [1.54, 1.807) is 6.07 Å². The molecule has 0 unspecified atom stereocenters. The Morgan fingerprint density at radius 3 is 2.88 bits per heavy atom. The smallest absolute Gasteiger partial charge is 0.241 e. The molecular formula is C12H18BrN3O. The topological polar surface area (TPSA) is 68.0 Å². The lowest BCUT2D eigenvalue weighted by Gasteiger charge is -2.13. The Morgan fingerprint density at radius 2 is 2.29 bits per heavy atom. The van der Waals surface area contributed by atoms with Crippen LogP contribution in [0.2, 0.25) is 0 Å². The first-order valence-corrected chi connectivity index (χ1v) is 6.53. The van der Waals surface area contributed by atoms with E-state index in [1.165, 1.54) is 0 Å². The van der Waals surface area contributed by atoms with Crippen LogP contribution in [0.15, 0.2) is 16.7 Å². The quantitative estimate of drug-likeness (QED) is 0.821. The van der Waals surface area contributed by atoms with Crippen LogP contribution in [0.5, 0.6) is 0 Å². The summed E-state index contributed by atoms with van der Waals surface area (Å²) in [4.78, 5) is 16.0. The molecule has 3 N–H and O–H groups in total. The molecule has 1 rings (SSSR count). The number of aromatic nitrogens is 1. The molecule has 5 heteroatoms. The maximum absolute atomic E-state index is 11.8. The molecule has 0 radical (unpaired) electrons. The Hall–Kier alpha value is -0.940. The van der Waals surface area contributed by atoms with Crippen LogP contribution >= 0.6 is 15.9 Å². The van der Waals surface area contributed by atoms with Crippen LogP contribution in [0.1, 0.15) is 31.9 Å². The number of aryl methyl sites for hydroxylation is 1. The molecule has 17 heavy (non-hydrogen) atoms. The average molecular weight is 300 g/mol. The van der Waals surface area contributed by atoms with E-state index < -0.39 is 6.04 Å². The van der Waals surface area contributed by atoms with Crippen molar-refractivity contribution in [2.24, 2.45) is 5.73 Å². The van der Waals surface area contributed by atoms with E-state index in [0.717, 1.165) is 23.1 Å². The van der Waals surface area contributed by atoms with Gasteiger partial charge in [0.1, 0.15) is 4.60 Å². The Balaban J connectivity index is 2.61. The van der Waals surface area contributed by atoms with Gasteiger partial charge in [-0.2, -0.15) is 0 Å². The molecule has 0 saturated heterocycles. The molecule has 0 spiro atoms. The van der Waals surface area contributed by atoms with E-state index >= 15 is 0 Å². The molecule has 0 aromatic carbocycles. The zero-order chi connectivity index (χ0) is 12.8. The number of carbonyl (C=O) groups is 1. The van der Waals surface area contributed by atoms with E-state index in [-0.39, 0.29) is 5.91 Å². The van der Waals surface area contributed by atoms with Crippen LogP contribution in [0.4, 0.5) is 5.69 Å². The van der Waals surface area contributed by atoms with Crippen LogP contribution in [0, 0.1) is 6.92 Å². The van der Waals surface area contributed by atoms with Crippen LogP contribution < -0.4 is 11.1 Å².